The van der Waals surface area contributed by atoms with Crippen molar-refractivity contribution in [1.82, 2.24) is 20.4 Å². The van der Waals surface area contributed by atoms with Gasteiger partial charge in [-0.1, -0.05) is 18.2 Å². The number of benzene rings is 1. The Labute approximate surface area is 97.1 Å². The van der Waals surface area contributed by atoms with Gasteiger partial charge in [0.15, 0.2) is 5.69 Å². The first-order chi connectivity index (χ1) is 8.31. The largest absolute Gasteiger partial charge is 0.358 e. The summed E-state index contributed by atoms with van der Waals surface area (Å²) in [5.74, 6) is 0. The number of fused-ring (bicyclic) bond motifs is 1. The number of para-hydroxylation sites is 1. The molecule has 0 fully saturated rings. The molecule has 17 heavy (non-hydrogen) atoms. The number of H-pyrrole nitrogens is 2. The molecule has 3 rings (SSSR count). The number of hydrogen-bond donors (Lipinski definition) is 2. The number of rotatable bonds is 1. The van der Waals surface area contributed by atoms with Crippen LogP contribution >= 0.6 is 0 Å². The third kappa shape index (κ3) is 1.31. The molecular formula is C12H9N5. The Morgan fingerprint density at radius 2 is 2.06 bits per heavy atom. The molecule has 0 aliphatic carbocycles. The molecule has 5 nitrogen and oxygen atoms in total. The van der Waals surface area contributed by atoms with Gasteiger partial charge in [-0.15, -0.1) is 5.10 Å². The number of hydrogen-bond acceptors (Lipinski definition) is 3. The second-order valence-electron chi connectivity index (χ2n) is 3.80. The van der Waals surface area contributed by atoms with Crippen LogP contribution < -0.4 is 0 Å². The lowest BCUT2D eigenvalue weighted by molar-refractivity contribution is 0.937. The van der Waals surface area contributed by atoms with Crippen LogP contribution in [0.15, 0.2) is 24.3 Å². The molecule has 0 spiro atoms. The van der Waals surface area contributed by atoms with Gasteiger partial charge >= 0.3 is 0 Å². The topological polar surface area (TPSA) is 81.2 Å². The summed E-state index contributed by atoms with van der Waals surface area (Å²) >= 11 is 0. The summed E-state index contributed by atoms with van der Waals surface area (Å²) in [6, 6.07) is 9.97. The van der Waals surface area contributed by atoms with Crippen molar-refractivity contribution in [1.29, 1.82) is 5.26 Å². The van der Waals surface area contributed by atoms with Gasteiger partial charge in [-0.05, 0) is 13.0 Å². The van der Waals surface area contributed by atoms with E-state index in [0.29, 0.717) is 11.4 Å². The summed E-state index contributed by atoms with van der Waals surface area (Å²) in [6.45, 7) is 1.96. The van der Waals surface area contributed by atoms with Gasteiger partial charge < -0.3 is 4.98 Å². The first-order valence-corrected chi connectivity index (χ1v) is 5.20. The van der Waals surface area contributed by atoms with Gasteiger partial charge in [-0.3, -0.25) is 0 Å². The normalized spacial score (nSPS) is 10.6. The predicted molar refractivity (Wildman–Crippen MR) is 63.1 cm³/mol. The zero-order valence-electron chi connectivity index (χ0n) is 9.15. The molecule has 0 saturated heterocycles. The number of aromatic amines is 2. The van der Waals surface area contributed by atoms with Gasteiger partial charge in [-0.2, -0.15) is 15.6 Å². The molecule has 0 amide bonds. The molecule has 82 valence electrons. The number of nitrogens with one attached hydrogen (secondary N) is 2. The van der Waals surface area contributed by atoms with E-state index in [4.69, 9.17) is 5.26 Å². The van der Waals surface area contributed by atoms with Crippen LogP contribution in [-0.2, 0) is 0 Å². The third-order valence-corrected chi connectivity index (χ3v) is 2.78. The molecule has 2 N–H and O–H groups in total. The standard InChI is InChI=1S/C12H9N5/c1-7-11(12-10(6-13)15-17-16-12)8-4-2-3-5-9(8)14-7/h2-5,14H,1H3,(H,15,16,17). The fraction of sp³-hybridized carbons (Fsp3) is 0.0833. The minimum Gasteiger partial charge on any atom is -0.358 e. The van der Waals surface area contributed by atoms with Crippen LogP contribution in [0.25, 0.3) is 22.2 Å². The molecule has 0 aliphatic rings. The minimum atomic E-state index is 0.317. The average molecular weight is 223 g/mol. The van der Waals surface area contributed by atoms with Crippen molar-refractivity contribution in [2.45, 2.75) is 6.92 Å². The van der Waals surface area contributed by atoms with Crippen molar-refractivity contribution in [2.24, 2.45) is 0 Å². The van der Waals surface area contributed by atoms with E-state index in [1.165, 1.54) is 0 Å². The molecule has 0 saturated carbocycles. The highest BCUT2D eigenvalue weighted by molar-refractivity contribution is 5.97. The van der Waals surface area contributed by atoms with E-state index in [1.807, 2.05) is 37.3 Å². The van der Waals surface area contributed by atoms with E-state index >= 15 is 0 Å². The van der Waals surface area contributed by atoms with E-state index in [-0.39, 0.29) is 0 Å². The second kappa shape index (κ2) is 3.46. The third-order valence-electron chi connectivity index (χ3n) is 2.78. The summed E-state index contributed by atoms with van der Waals surface area (Å²) in [6.07, 6.45) is 0. The van der Waals surface area contributed by atoms with Crippen molar-refractivity contribution < 1.29 is 0 Å². The summed E-state index contributed by atoms with van der Waals surface area (Å²) in [5, 5.41) is 20.4. The maximum Gasteiger partial charge on any atom is 0.190 e. The number of aryl methyl sites for hydroxylation is 1. The zero-order valence-corrected chi connectivity index (χ0v) is 9.15. The lowest BCUT2D eigenvalue weighted by atomic mass is 10.1. The SMILES string of the molecule is Cc1[nH]c2ccccc2c1-c1n[nH]nc1C#N. The predicted octanol–water partition coefficient (Wildman–Crippen LogP) is 2.13. The zero-order chi connectivity index (χ0) is 11.8. The highest BCUT2D eigenvalue weighted by atomic mass is 15.3. The van der Waals surface area contributed by atoms with Crippen LogP contribution in [0.4, 0.5) is 0 Å². The van der Waals surface area contributed by atoms with Gasteiger partial charge in [0.1, 0.15) is 11.8 Å². The van der Waals surface area contributed by atoms with Crippen LogP contribution in [0.3, 0.4) is 0 Å². The quantitative estimate of drug-likeness (QED) is 0.663. The highest BCUT2D eigenvalue weighted by Gasteiger charge is 2.16. The summed E-state index contributed by atoms with van der Waals surface area (Å²) in [7, 11) is 0. The number of aromatic nitrogens is 4. The second-order valence-corrected chi connectivity index (χ2v) is 3.80. The first kappa shape index (κ1) is 9.60. The van der Waals surface area contributed by atoms with E-state index in [9.17, 15) is 0 Å². The minimum absolute atomic E-state index is 0.317. The van der Waals surface area contributed by atoms with Gasteiger partial charge in [0.25, 0.3) is 0 Å². The van der Waals surface area contributed by atoms with Crippen molar-refractivity contribution in [3.8, 4) is 17.3 Å². The lowest BCUT2D eigenvalue weighted by Gasteiger charge is -1.95. The smallest absolute Gasteiger partial charge is 0.190 e. The molecule has 0 atom stereocenters. The Bertz CT molecular complexity index is 729. The molecule has 2 heterocycles. The van der Waals surface area contributed by atoms with Gasteiger partial charge in [0.05, 0.1) is 0 Å². The first-order valence-electron chi connectivity index (χ1n) is 5.20. The van der Waals surface area contributed by atoms with Crippen molar-refractivity contribution in [3.63, 3.8) is 0 Å². The van der Waals surface area contributed by atoms with Gasteiger partial charge in [-0.25, -0.2) is 0 Å². The maximum absolute atomic E-state index is 8.99. The Morgan fingerprint density at radius 3 is 2.88 bits per heavy atom. The van der Waals surface area contributed by atoms with E-state index in [1.54, 1.807) is 0 Å². The molecule has 0 aliphatic heterocycles. The van der Waals surface area contributed by atoms with E-state index < -0.39 is 0 Å². The van der Waals surface area contributed by atoms with Crippen LogP contribution in [0.2, 0.25) is 0 Å². The Balaban J connectivity index is 2.38. The lowest BCUT2D eigenvalue weighted by Crippen LogP contribution is -1.84. The Hall–Kier alpha value is -2.61. The number of nitrogens with zero attached hydrogens (tertiary/aromatic N) is 3. The van der Waals surface area contributed by atoms with E-state index in [2.05, 4.69) is 20.4 Å². The molecule has 5 heteroatoms. The molecule has 3 aromatic rings. The maximum atomic E-state index is 8.99. The average Bonchev–Trinajstić information content (AvgIpc) is 2.90. The van der Waals surface area contributed by atoms with Gasteiger partial charge in [0, 0.05) is 22.2 Å². The van der Waals surface area contributed by atoms with Crippen LogP contribution in [0.5, 0.6) is 0 Å². The summed E-state index contributed by atoms with van der Waals surface area (Å²) in [5.41, 5.74) is 3.87. The van der Waals surface area contributed by atoms with Gasteiger partial charge in [0.2, 0.25) is 0 Å². The van der Waals surface area contributed by atoms with Crippen LogP contribution in [0.1, 0.15) is 11.4 Å². The van der Waals surface area contributed by atoms with E-state index in [0.717, 1.165) is 22.2 Å². The summed E-state index contributed by atoms with van der Waals surface area (Å²) < 4.78 is 0. The molecule has 1 aromatic carbocycles. The van der Waals surface area contributed by atoms with Crippen LogP contribution in [-0.4, -0.2) is 20.4 Å². The van der Waals surface area contributed by atoms with Crippen molar-refractivity contribution in [3.05, 3.63) is 35.7 Å². The monoisotopic (exact) mass is 223 g/mol. The molecule has 0 unspecified atom stereocenters. The van der Waals surface area contributed by atoms with Crippen molar-refractivity contribution in [2.75, 3.05) is 0 Å². The number of nitriles is 1. The molecule has 0 radical (unpaired) electrons. The Kier molecular flexibility index (Phi) is 1.95. The molecule has 0 bridgehead atoms. The van der Waals surface area contributed by atoms with Crippen molar-refractivity contribution >= 4 is 10.9 Å². The van der Waals surface area contributed by atoms with Crippen LogP contribution in [0, 0.1) is 18.3 Å². The molecule has 2 aromatic heterocycles. The Morgan fingerprint density at radius 1 is 1.24 bits per heavy atom. The molecular weight excluding hydrogens is 214 g/mol. The highest BCUT2D eigenvalue weighted by Crippen LogP contribution is 2.31. The fourth-order valence-electron chi connectivity index (χ4n) is 2.06. The fourth-order valence-corrected chi connectivity index (χ4v) is 2.06. The summed E-state index contributed by atoms with van der Waals surface area (Å²) in [4.78, 5) is 3.28.